The van der Waals surface area contributed by atoms with Crippen molar-refractivity contribution < 1.29 is 0 Å². The zero-order chi connectivity index (χ0) is 15.6. The van der Waals surface area contributed by atoms with Crippen molar-refractivity contribution in [3.63, 3.8) is 0 Å². The largest absolute Gasteiger partial charge is 0.271 e. The van der Waals surface area contributed by atoms with Crippen LogP contribution in [0.3, 0.4) is 0 Å². The van der Waals surface area contributed by atoms with Crippen molar-refractivity contribution >= 4 is 15.9 Å². The molecule has 2 aromatic rings. The van der Waals surface area contributed by atoms with E-state index >= 15 is 0 Å². The Balaban J connectivity index is 2.36. The summed E-state index contributed by atoms with van der Waals surface area (Å²) in [4.78, 5) is 0. The molecule has 0 aromatic heterocycles. The lowest BCUT2D eigenvalue weighted by atomic mass is 9.91. The highest BCUT2D eigenvalue weighted by molar-refractivity contribution is 9.10. The fourth-order valence-corrected chi connectivity index (χ4v) is 3.68. The summed E-state index contributed by atoms with van der Waals surface area (Å²) in [5.74, 6) is 5.82. The summed E-state index contributed by atoms with van der Waals surface area (Å²) in [7, 11) is 0. The van der Waals surface area contributed by atoms with Crippen LogP contribution in [0.4, 0.5) is 0 Å². The van der Waals surface area contributed by atoms with Crippen molar-refractivity contribution in [1.82, 2.24) is 5.43 Å². The minimum absolute atomic E-state index is 0.0973. The molecule has 1 atom stereocenters. The van der Waals surface area contributed by atoms with Crippen LogP contribution in [0.25, 0.3) is 0 Å². The second-order valence-electron chi connectivity index (χ2n) is 5.83. The molecule has 0 aliphatic carbocycles. The van der Waals surface area contributed by atoms with Gasteiger partial charge in [0.2, 0.25) is 0 Å². The molecule has 0 heterocycles. The summed E-state index contributed by atoms with van der Waals surface area (Å²) in [6.07, 6.45) is 0.885. The van der Waals surface area contributed by atoms with Gasteiger partial charge in [0.15, 0.2) is 0 Å². The zero-order valence-corrected chi connectivity index (χ0v) is 14.7. The monoisotopic (exact) mass is 346 g/mol. The average molecular weight is 347 g/mol. The van der Waals surface area contributed by atoms with E-state index in [0.717, 1.165) is 10.9 Å². The lowest BCUT2D eigenvalue weighted by Gasteiger charge is -2.21. The average Bonchev–Trinajstić information content (AvgIpc) is 2.39. The molecule has 0 fully saturated rings. The number of hydrazine groups is 1. The summed E-state index contributed by atoms with van der Waals surface area (Å²) in [5.41, 5.74) is 10.7. The number of hydrogen-bond donors (Lipinski definition) is 2. The molecule has 0 bridgehead atoms. The normalized spacial score (nSPS) is 12.5. The molecule has 2 aromatic carbocycles. The van der Waals surface area contributed by atoms with E-state index in [1.165, 1.54) is 33.4 Å². The molecule has 2 rings (SSSR count). The lowest BCUT2D eigenvalue weighted by molar-refractivity contribution is 0.547. The van der Waals surface area contributed by atoms with Gasteiger partial charge in [-0.05, 0) is 68.0 Å². The van der Waals surface area contributed by atoms with E-state index in [1.54, 1.807) is 0 Å². The van der Waals surface area contributed by atoms with E-state index in [1.807, 2.05) is 0 Å². The highest BCUT2D eigenvalue weighted by Gasteiger charge is 2.16. The summed E-state index contributed by atoms with van der Waals surface area (Å²) < 4.78 is 1.10. The van der Waals surface area contributed by atoms with Gasteiger partial charge in [-0.1, -0.05) is 45.8 Å². The number of nitrogens with two attached hydrogens (primary N) is 1. The van der Waals surface area contributed by atoms with E-state index in [4.69, 9.17) is 5.84 Å². The number of hydrogen-bond acceptors (Lipinski definition) is 2. The third kappa shape index (κ3) is 3.73. The summed E-state index contributed by atoms with van der Waals surface area (Å²) >= 11 is 3.65. The van der Waals surface area contributed by atoms with Crippen molar-refractivity contribution in [3.8, 4) is 0 Å². The second kappa shape index (κ2) is 6.73. The smallest absolute Gasteiger partial charge is 0.0511 e. The Labute approximate surface area is 135 Å². The van der Waals surface area contributed by atoms with E-state index < -0.39 is 0 Å². The molecule has 0 amide bonds. The molecule has 21 heavy (non-hydrogen) atoms. The molecule has 0 radical (unpaired) electrons. The topological polar surface area (TPSA) is 38.0 Å². The quantitative estimate of drug-likeness (QED) is 0.634. The predicted molar refractivity (Wildman–Crippen MR) is 93.3 cm³/mol. The van der Waals surface area contributed by atoms with Crippen LogP contribution < -0.4 is 11.3 Å². The van der Waals surface area contributed by atoms with Crippen molar-refractivity contribution in [2.45, 2.75) is 40.2 Å². The Morgan fingerprint density at radius 3 is 2.14 bits per heavy atom. The maximum atomic E-state index is 5.82. The zero-order valence-electron chi connectivity index (χ0n) is 13.1. The van der Waals surface area contributed by atoms with Crippen molar-refractivity contribution in [1.29, 1.82) is 0 Å². The molecule has 0 aliphatic heterocycles. The Kier molecular flexibility index (Phi) is 5.20. The number of benzene rings is 2. The molecule has 1 unspecified atom stereocenters. The van der Waals surface area contributed by atoms with Gasteiger partial charge in [0.25, 0.3) is 0 Å². The molecule has 3 N–H and O–H groups in total. The molecule has 0 aliphatic rings. The first kappa shape index (κ1) is 16.2. The van der Waals surface area contributed by atoms with Gasteiger partial charge < -0.3 is 0 Å². The Bertz CT molecular complexity index is 627. The summed E-state index contributed by atoms with van der Waals surface area (Å²) in [5, 5.41) is 0. The maximum Gasteiger partial charge on any atom is 0.0511 e. The van der Waals surface area contributed by atoms with E-state index in [2.05, 4.69) is 79.4 Å². The van der Waals surface area contributed by atoms with Crippen LogP contribution in [-0.4, -0.2) is 0 Å². The second-order valence-corrected chi connectivity index (χ2v) is 6.68. The Morgan fingerprint density at radius 1 is 1.00 bits per heavy atom. The first-order chi connectivity index (χ1) is 9.92. The van der Waals surface area contributed by atoms with Crippen LogP contribution in [0.5, 0.6) is 0 Å². The summed E-state index contributed by atoms with van der Waals surface area (Å²) in [6.45, 7) is 8.58. The first-order valence-corrected chi connectivity index (χ1v) is 8.00. The number of nitrogens with one attached hydrogen (secondary N) is 1. The van der Waals surface area contributed by atoms with Crippen molar-refractivity contribution in [3.05, 3.63) is 68.2 Å². The molecule has 3 heteroatoms. The van der Waals surface area contributed by atoms with Crippen molar-refractivity contribution in [2.75, 3.05) is 0 Å². The minimum atomic E-state index is 0.0973. The minimum Gasteiger partial charge on any atom is -0.271 e. The van der Waals surface area contributed by atoms with E-state index in [0.29, 0.717) is 0 Å². The molecule has 2 nitrogen and oxygen atoms in total. The van der Waals surface area contributed by atoms with Gasteiger partial charge in [-0.25, -0.2) is 0 Å². The van der Waals surface area contributed by atoms with Gasteiger partial charge in [-0.3, -0.25) is 11.3 Å². The van der Waals surface area contributed by atoms with Crippen LogP contribution in [0.1, 0.15) is 39.4 Å². The molecule has 0 spiro atoms. The number of rotatable bonds is 4. The maximum absolute atomic E-state index is 5.82. The fraction of sp³-hybridized carbons (Fsp3) is 0.333. The third-order valence-electron chi connectivity index (χ3n) is 3.98. The number of aryl methyl sites for hydroxylation is 4. The predicted octanol–water partition coefficient (Wildman–Crippen LogP) is 4.43. The fourth-order valence-electron chi connectivity index (χ4n) is 2.91. The van der Waals surface area contributed by atoms with Crippen LogP contribution in [0.2, 0.25) is 0 Å². The lowest BCUT2D eigenvalue weighted by Crippen LogP contribution is -2.30. The van der Waals surface area contributed by atoms with Gasteiger partial charge in [-0.2, -0.15) is 0 Å². The van der Waals surface area contributed by atoms with E-state index in [9.17, 15) is 0 Å². The van der Waals surface area contributed by atoms with Gasteiger partial charge >= 0.3 is 0 Å². The van der Waals surface area contributed by atoms with Gasteiger partial charge in [-0.15, -0.1) is 0 Å². The molecule has 0 saturated carbocycles. The standard InChI is InChI=1S/C18H23BrN2/c1-11-5-6-15(17(19)9-11)18(21-20)10-16-13(3)7-12(2)8-14(16)4/h5-9,18,21H,10,20H2,1-4H3. The molecule has 112 valence electrons. The highest BCUT2D eigenvalue weighted by Crippen LogP contribution is 2.29. The van der Waals surface area contributed by atoms with Gasteiger partial charge in [0.1, 0.15) is 0 Å². The van der Waals surface area contributed by atoms with Crippen LogP contribution in [0, 0.1) is 27.7 Å². The molecular weight excluding hydrogens is 324 g/mol. The Hall–Kier alpha value is -1.16. The van der Waals surface area contributed by atoms with Gasteiger partial charge in [0.05, 0.1) is 6.04 Å². The van der Waals surface area contributed by atoms with Crippen LogP contribution in [0.15, 0.2) is 34.8 Å². The highest BCUT2D eigenvalue weighted by atomic mass is 79.9. The third-order valence-corrected chi connectivity index (χ3v) is 4.67. The summed E-state index contributed by atoms with van der Waals surface area (Å²) in [6, 6.07) is 11.0. The van der Waals surface area contributed by atoms with Crippen molar-refractivity contribution in [2.24, 2.45) is 5.84 Å². The molecule has 0 saturated heterocycles. The SMILES string of the molecule is Cc1cc(C)c(CC(NN)c2ccc(C)cc2Br)c(C)c1. The number of halogens is 1. The first-order valence-electron chi connectivity index (χ1n) is 7.21. The molecular formula is C18H23BrN2. The Morgan fingerprint density at radius 2 is 1.62 bits per heavy atom. The van der Waals surface area contributed by atoms with Gasteiger partial charge in [0, 0.05) is 4.47 Å². The van der Waals surface area contributed by atoms with E-state index in [-0.39, 0.29) is 6.04 Å². The van der Waals surface area contributed by atoms with Crippen LogP contribution in [-0.2, 0) is 6.42 Å². The van der Waals surface area contributed by atoms with Crippen LogP contribution >= 0.6 is 15.9 Å².